The van der Waals surface area contributed by atoms with Gasteiger partial charge in [-0.1, -0.05) is 31.4 Å². The highest BCUT2D eigenvalue weighted by Gasteiger charge is 2.11. The first-order chi connectivity index (χ1) is 13.1. The summed E-state index contributed by atoms with van der Waals surface area (Å²) in [4.78, 5) is 26.6. The highest BCUT2D eigenvalue weighted by molar-refractivity contribution is 5.75. The molecule has 1 aromatic carbocycles. The van der Waals surface area contributed by atoms with Gasteiger partial charge in [0.05, 0.1) is 6.61 Å². The third-order valence-corrected chi connectivity index (χ3v) is 4.65. The van der Waals surface area contributed by atoms with E-state index in [4.69, 9.17) is 4.74 Å². The van der Waals surface area contributed by atoms with Crippen molar-refractivity contribution in [2.45, 2.75) is 70.8 Å². The largest absolute Gasteiger partial charge is 0.494 e. The van der Waals surface area contributed by atoms with Gasteiger partial charge in [-0.15, -0.1) is 0 Å². The molecular weight excluding hydrogens is 344 g/mol. The molecule has 0 saturated carbocycles. The summed E-state index contributed by atoms with van der Waals surface area (Å²) < 4.78 is 5.82. The molecule has 6 nitrogen and oxygen atoms in total. The average Bonchev–Trinajstić information content (AvgIpc) is 2.62. The van der Waals surface area contributed by atoms with Crippen molar-refractivity contribution in [1.29, 1.82) is 0 Å². The second kappa shape index (κ2) is 12.3. The number of ether oxygens (including phenoxy) is 1. The minimum absolute atomic E-state index is 0.261. The number of hydrogen-bond acceptors (Lipinski definition) is 5. The number of benzene rings is 1. The van der Waals surface area contributed by atoms with E-state index in [0.29, 0.717) is 19.1 Å². The first-order valence-electron chi connectivity index (χ1n) is 10.0. The Balaban J connectivity index is 1.66. The van der Waals surface area contributed by atoms with Crippen molar-refractivity contribution < 1.29 is 19.2 Å². The number of amides is 1. The second-order valence-electron chi connectivity index (χ2n) is 7.14. The fourth-order valence-electron chi connectivity index (χ4n) is 3.24. The van der Waals surface area contributed by atoms with Crippen LogP contribution in [0.5, 0.6) is 5.75 Å². The van der Waals surface area contributed by atoms with Crippen LogP contribution in [-0.4, -0.2) is 31.1 Å². The van der Waals surface area contributed by atoms with Gasteiger partial charge in [0.2, 0.25) is 5.91 Å². The molecule has 0 aromatic heterocycles. The Hall–Kier alpha value is -2.08. The van der Waals surface area contributed by atoms with Crippen molar-refractivity contribution >= 4 is 11.9 Å². The van der Waals surface area contributed by atoms with Crippen molar-refractivity contribution in [2.75, 3.05) is 13.2 Å². The summed E-state index contributed by atoms with van der Waals surface area (Å²) in [7, 11) is 0. The Morgan fingerprint density at radius 1 is 1.19 bits per heavy atom. The molecule has 1 heterocycles. The van der Waals surface area contributed by atoms with E-state index < -0.39 is 5.97 Å². The van der Waals surface area contributed by atoms with Crippen LogP contribution in [0.1, 0.15) is 63.9 Å². The zero-order valence-corrected chi connectivity index (χ0v) is 16.3. The Kier molecular flexibility index (Phi) is 9.69. The third-order valence-electron chi connectivity index (χ3n) is 4.65. The van der Waals surface area contributed by atoms with Gasteiger partial charge in [-0.2, -0.15) is 5.48 Å². The second-order valence-corrected chi connectivity index (χ2v) is 7.14. The molecule has 0 bridgehead atoms. The summed E-state index contributed by atoms with van der Waals surface area (Å²) >= 11 is 0. The van der Waals surface area contributed by atoms with E-state index in [2.05, 4.69) is 22.3 Å². The number of carbonyl (C=O) groups excluding carboxylic acids is 2. The highest BCUT2D eigenvalue weighted by Crippen LogP contribution is 2.18. The third kappa shape index (κ3) is 9.43. The Labute approximate surface area is 162 Å². The first kappa shape index (κ1) is 21.2. The molecule has 1 atom stereocenters. The zero-order chi connectivity index (χ0) is 19.3. The molecule has 1 aromatic rings. The fourth-order valence-corrected chi connectivity index (χ4v) is 3.24. The lowest BCUT2D eigenvalue weighted by atomic mass is 9.98. The molecule has 150 valence electrons. The van der Waals surface area contributed by atoms with Crippen molar-refractivity contribution in [3.8, 4) is 5.75 Å². The molecule has 0 radical (unpaired) electrons. The van der Waals surface area contributed by atoms with Gasteiger partial charge in [0.15, 0.2) is 0 Å². The van der Waals surface area contributed by atoms with E-state index in [-0.39, 0.29) is 12.3 Å². The van der Waals surface area contributed by atoms with Crippen LogP contribution >= 0.6 is 0 Å². The Morgan fingerprint density at radius 3 is 2.89 bits per heavy atom. The smallest absolute Gasteiger partial charge is 0.332 e. The topological polar surface area (TPSA) is 76.7 Å². The Bertz CT molecular complexity index is 583. The molecule has 0 spiro atoms. The molecule has 1 aliphatic heterocycles. The monoisotopic (exact) mass is 376 g/mol. The number of nitrogens with one attached hydrogen (secondary N) is 2. The molecule has 1 amide bonds. The predicted molar refractivity (Wildman–Crippen MR) is 104 cm³/mol. The molecule has 1 aliphatic rings. The van der Waals surface area contributed by atoms with Gasteiger partial charge in [-0.25, -0.2) is 4.79 Å². The number of carbonyl (C=O) groups is 2. The lowest BCUT2D eigenvalue weighted by molar-refractivity contribution is -0.157. The van der Waals surface area contributed by atoms with Gasteiger partial charge in [0.1, 0.15) is 5.75 Å². The summed E-state index contributed by atoms with van der Waals surface area (Å²) in [6.45, 7) is 2.96. The van der Waals surface area contributed by atoms with Crippen LogP contribution in [0.25, 0.3) is 0 Å². The quantitative estimate of drug-likeness (QED) is 0.538. The van der Waals surface area contributed by atoms with Crippen molar-refractivity contribution in [3.05, 3.63) is 29.8 Å². The Morgan fingerprint density at radius 2 is 2.04 bits per heavy atom. The van der Waals surface area contributed by atoms with E-state index in [0.717, 1.165) is 25.1 Å². The van der Waals surface area contributed by atoms with Gasteiger partial charge in [0.25, 0.3) is 0 Å². The summed E-state index contributed by atoms with van der Waals surface area (Å²) in [5.41, 5.74) is 3.33. The number of hydroxylamine groups is 1. The lowest BCUT2D eigenvalue weighted by Crippen LogP contribution is -2.33. The standard InChI is InChI=1S/C21H32N2O4/c1-17(24)23-27-21(25)12-5-7-14-26-20-11-8-9-18(16-20)15-19-10-4-2-3-6-13-22-19/h8-9,11,16,19,22H,2-7,10,12-15H2,1H3,(H,23,24). The summed E-state index contributed by atoms with van der Waals surface area (Å²) in [6, 6.07) is 8.84. The molecule has 6 heteroatoms. The average molecular weight is 376 g/mol. The predicted octanol–water partition coefficient (Wildman–Crippen LogP) is 3.29. The molecular formula is C21H32N2O4. The van der Waals surface area contributed by atoms with Gasteiger partial charge in [-0.3, -0.25) is 4.79 Å². The van der Waals surface area contributed by atoms with Crippen LogP contribution in [0, 0.1) is 0 Å². The molecule has 1 fully saturated rings. The van der Waals surface area contributed by atoms with Crippen molar-refractivity contribution in [2.24, 2.45) is 0 Å². The van der Waals surface area contributed by atoms with Gasteiger partial charge < -0.3 is 14.9 Å². The maximum atomic E-state index is 11.4. The maximum Gasteiger partial charge on any atom is 0.332 e. The number of hydrogen-bond donors (Lipinski definition) is 2. The molecule has 1 unspecified atom stereocenters. The molecule has 2 N–H and O–H groups in total. The molecule has 1 saturated heterocycles. The SMILES string of the molecule is CC(=O)NOC(=O)CCCCOc1cccc(CC2CCCCCCN2)c1. The van der Waals surface area contributed by atoms with Crippen LogP contribution in [0.2, 0.25) is 0 Å². The number of rotatable bonds is 8. The first-order valence-corrected chi connectivity index (χ1v) is 10.0. The van der Waals surface area contributed by atoms with Gasteiger partial charge >= 0.3 is 5.97 Å². The van der Waals surface area contributed by atoms with E-state index in [1.54, 1.807) is 0 Å². The zero-order valence-electron chi connectivity index (χ0n) is 16.3. The molecule has 2 rings (SSSR count). The minimum atomic E-state index is -0.432. The molecule has 0 aliphatic carbocycles. The van der Waals surface area contributed by atoms with Crippen molar-refractivity contribution in [1.82, 2.24) is 10.8 Å². The number of unbranched alkanes of at least 4 members (excludes halogenated alkanes) is 1. The van der Waals surface area contributed by atoms with E-state index >= 15 is 0 Å². The summed E-state index contributed by atoms with van der Waals surface area (Å²) in [5.74, 6) is 0.0548. The summed E-state index contributed by atoms with van der Waals surface area (Å²) in [6.07, 6.45) is 9.21. The van der Waals surface area contributed by atoms with Gasteiger partial charge in [-0.05, 0) is 56.3 Å². The van der Waals surface area contributed by atoms with E-state index in [1.165, 1.54) is 44.6 Å². The molecule has 27 heavy (non-hydrogen) atoms. The minimum Gasteiger partial charge on any atom is -0.494 e. The van der Waals surface area contributed by atoms with Crippen LogP contribution in [0.15, 0.2) is 24.3 Å². The van der Waals surface area contributed by atoms with Crippen LogP contribution in [0.4, 0.5) is 0 Å². The normalized spacial score (nSPS) is 17.4. The van der Waals surface area contributed by atoms with Crippen LogP contribution < -0.4 is 15.5 Å². The van der Waals surface area contributed by atoms with Gasteiger partial charge in [0, 0.05) is 19.4 Å². The maximum absolute atomic E-state index is 11.4. The fraction of sp³-hybridized carbons (Fsp3) is 0.619. The highest BCUT2D eigenvalue weighted by atomic mass is 16.7. The van der Waals surface area contributed by atoms with Crippen LogP contribution in [-0.2, 0) is 20.8 Å². The van der Waals surface area contributed by atoms with Crippen LogP contribution in [0.3, 0.4) is 0 Å². The van der Waals surface area contributed by atoms with Crippen molar-refractivity contribution in [3.63, 3.8) is 0 Å². The van der Waals surface area contributed by atoms with E-state index in [1.807, 2.05) is 17.6 Å². The lowest BCUT2D eigenvalue weighted by Gasteiger charge is -2.21. The summed E-state index contributed by atoms with van der Waals surface area (Å²) in [5, 5.41) is 3.67. The van der Waals surface area contributed by atoms with E-state index in [9.17, 15) is 9.59 Å².